The summed E-state index contributed by atoms with van der Waals surface area (Å²) in [5, 5.41) is 18.7. The van der Waals surface area contributed by atoms with Gasteiger partial charge < -0.3 is 10.0 Å². The summed E-state index contributed by atoms with van der Waals surface area (Å²) in [6.07, 6.45) is 0.937. The molecule has 8 heteroatoms. The van der Waals surface area contributed by atoms with Gasteiger partial charge in [-0.05, 0) is 68.0 Å². The van der Waals surface area contributed by atoms with E-state index >= 15 is 0 Å². The van der Waals surface area contributed by atoms with Crippen LogP contribution in [-0.2, 0) is 23.2 Å². The first-order valence-electron chi connectivity index (χ1n) is 12.1. The summed E-state index contributed by atoms with van der Waals surface area (Å²) < 4.78 is 1.73. The van der Waals surface area contributed by atoms with E-state index < -0.39 is 11.4 Å². The zero-order chi connectivity index (χ0) is 25.5. The number of aryl methyl sites for hydroxylation is 3. The fourth-order valence-corrected chi connectivity index (χ4v) is 5.13. The van der Waals surface area contributed by atoms with Gasteiger partial charge in [0.15, 0.2) is 0 Å². The van der Waals surface area contributed by atoms with E-state index in [-0.39, 0.29) is 11.8 Å². The lowest BCUT2D eigenvalue weighted by atomic mass is 9.69. The maximum Gasteiger partial charge on any atom is 0.310 e. The van der Waals surface area contributed by atoms with Gasteiger partial charge in [-0.25, -0.2) is 4.68 Å². The summed E-state index contributed by atoms with van der Waals surface area (Å²) in [7, 11) is 3.71. The van der Waals surface area contributed by atoms with Crippen molar-refractivity contribution in [2.24, 2.45) is 12.5 Å². The smallest absolute Gasteiger partial charge is 0.310 e. The normalized spacial score (nSPS) is 16.5. The Bertz CT molecular complexity index is 1280. The lowest BCUT2D eigenvalue weighted by Crippen LogP contribution is -2.34. The number of carboxylic acids is 1. The summed E-state index contributed by atoms with van der Waals surface area (Å²) in [4.78, 5) is 28.9. The van der Waals surface area contributed by atoms with Gasteiger partial charge in [0.25, 0.3) is 0 Å². The summed E-state index contributed by atoms with van der Waals surface area (Å²) in [5.74, 6) is -1.11. The Morgan fingerprint density at radius 2 is 1.89 bits per heavy atom. The standard InChI is InChI=1S/C27H35N5O3/c1-17-8-9-19(14-20(17)15-32-13-7-12-30(5)23(33)16-32)24(27(3,4)26(34)35)21-10-11-22-25(18(21)2)28-29-31(22)6/h8-11,14,24H,7,12-13,15-16H2,1-6H3,(H,34,35)/t24-/m0/s1. The molecule has 1 fully saturated rings. The molecule has 1 aliphatic heterocycles. The highest BCUT2D eigenvalue weighted by Crippen LogP contribution is 2.44. The van der Waals surface area contributed by atoms with E-state index in [4.69, 9.17) is 0 Å². The first kappa shape index (κ1) is 24.9. The van der Waals surface area contributed by atoms with Crippen LogP contribution >= 0.6 is 0 Å². The number of benzene rings is 2. The van der Waals surface area contributed by atoms with Gasteiger partial charge in [0.2, 0.25) is 5.91 Å². The third-order valence-electron chi connectivity index (χ3n) is 7.52. The molecule has 0 radical (unpaired) electrons. The molecule has 1 amide bonds. The number of carbonyl (C=O) groups excluding carboxylic acids is 1. The number of aliphatic carboxylic acids is 1. The minimum absolute atomic E-state index is 0.133. The average molecular weight is 478 g/mol. The van der Waals surface area contributed by atoms with Crippen molar-refractivity contribution in [2.45, 2.75) is 46.6 Å². The maximum absolute atomic E-state index is 12.5. The number of carbonyl (C=O) groups is 2. The second kappa shape index (κ2) is 9.41. The van der Waals surface area contributed by atoms with Crippen LogP contribution in [-0.4, -0.2) is 68.5 Å². The molecule has 1 atom stereocenters. The molecule has 186 valence electrons. The molecule has 1 saturated heterocycles. The third kappa shape index (κ3) is 4.67. The zero-order valence-corrected chi connectivity index (χ0v) is 21.5. The van der Waals surface area contributed by atoms with Crippen LogP contribution in [0.3, 0.4) is 0 Å². The second-order valence-corrected chi connectivity index (χ2v) is 10.4. The molecular formula is C27H35N5O3. The summed E-state index contributed by atoms with van der Waals surface area (Å²) in [5.41, 5.74) is 5.71. The molecule has 0 saturated carbocycles. The Kier molecular flexibility index (Phi) is 6.68. The van der Waals surface area contributed by atoms with Crippen LogP contribution in [0.5, 0.6) is 0 Å². The highest BCUT2D eigenvalue weighted by molar-refractivity contribution is 5.82. The molecular weight excluding hydrogens is 442 g/mol. The molecule has 2 aromatic carbocycles. The van der Waals surface area contributed by atoms with Crippen molar-refractivity contribution < 1.29 is 14.7 Å². The number of aromatic nitrogens is 3. The van der Waals surface area contributed by atoms with Gasteiger partial charge in [-0.1, -0.05) is 29.5 Å². The Labute approximate surface area is 206 Å². The van der Waals surface area contributed by atoms with E-state index in [1.165, 1.54) is 0 Å². The number of nitrogens with zero attached hydrogens (tertiary/aromatic N) is 5. The molecule has 1 aromatic heterocycles. The van der Waals surface area contributed by atoms with Crippen molar-refractivity contribution >= 4 is 22.9 Å². The van der Waals surface area contributed by atoms with E-state index in [9.17, 15) is 14.7 Å². The van der Waals surface area contributed by atoms with E-state index in [2.05, 4.69) is 34.3 Å². The molecule has 35 heavy (non-hydrogen) atoms. The van der Waals surface area contributed by atoms with Crippen LogP contribution in [0.1, 0.15) is 54.0 Å². The maximum atomic E-state index is 12.5. The quantitative estimate of drug-likeness (QED) is 0.584. The molecule has 0 aliphatic carbocycles. The highest BCUT2D eigenvalue weighted by Gasteiger charge is 2.40. The van der Waals surface area contributed by atoms with Gasteiger partial charge in [-0.15, -0.1) is 5.10 Å². The number of amides is 1. The highest BCUT2D eigenvalue weighted by atomic mass is 16.4. The molecule has 3 aromatic rings. The van der Waals surface area contributed by atoms with E-state index in [0.29, 0.717) is 13.1 Å². The lowest BCUT2D eigenvalue weighted by molar-refractivity contribution is -0.147. The predicted molar refractivity (Wildman–Crippen MR) is 135 cm³/mol. The number of likely N-dealkylation sites (N-methyl/N-ethyl adjacent to an activating group) is 1. The largest absolute Gasteiger partial charge is 0.481 e. The van der Waals surface area contributed by atoms with Gasteiger partial charge in [-0.3, -0.25) is 14.5 Å². The average Bonchev–Trinajstić information content (AvgIpc) is 3.10. The van der Waals surface area contributed by atoms with Gasteiger partial charge in [0.1, 0.15) is 5.52 Å². The van der Waals surface area contributed by atoms with Crippen LogP contribution in [0, 0.1) is 19.3 Å². The number of rotatable bonds is 6. The fourth-order valence-electron chi connectivity index (χ4n) is 5.13. The summed E-state index contributed by atoms with van der Waals surface area (Å²) in [6.45, 7) is 10.3. The van der Waals surface area contributed by atoms with Crippen molar-refractivity contribution in [3.63, 3.8) is 0 Å². The van der Waals surface area contributed by atoms with Crippen LogP contribution < -0.4 is 0 Å². The Hall–Kier alpha value is -3.26. The molecule has 8 nitrogen and oxygen atoms in total. The number of carboxylic acid groups (broad SMARTS) is 1. The van der Waals surface area contributed by atoms with Gasteiger partial charge in [-0.2, -0.15) is 0 Å². The van der Waals surface area contributed by atoms with Crippen molar-refractivity contribution in [3.05, 3.63) is 58.1 Å². The molecule has 0 bridgehead atoms. The number of hydrogen-bond acceptors (Lipinski definition) is 5. The molecule has 1 aliphatic rings. The minimum Gasteiger partial charge on any atom is -0.481 e. The Morgan fingerprint density at radius 1 is 1.14 bits per heavy atom. The Morgan fingerprint density at radius 3 is 2.60 bits per heavy atom. The molecule has 4 rings (SSSR count). The van der Waals surface area contributed by atoms with Crippen LogP contribution in [0.4, 0.5) is 0 Å². The van der Waals surface area contributed by atoms with Crippen molar-refractivity contribution in [3.8, 4) is 0 Å². The van der Waals surface area contributed by atoms with Crippen LogP contribution in [0.2, 0.25) is 0 Å². The molecule has 2 heterocycles. The SMILES string of the molecule is Cc1ccc([C@@H](c2ccc3c(nnn3C)c2C)C(C)(C)C(=O)O)cc1CN1CCCN(C)C(=O)C1. The first-order valence-corrected chi connectivity index (χ1v) is 12.1. The number of fused-ring (bicyclic) bond motifs is 1. The topological polar surface area (TPSA) is 91.6 Å². The van der Waals surface area contributed by atoms with Crippen molar-refractivity contribution in [1.29, 1.82) is 0 Å². The van der Waals surface area contributed by atoms with E-state index in [1.54, 1.807) is 23.4 Å². The minimum atomic E-state index is -1.06. The number of hydrogen-bond donors (Lipinski definition) is 1. The Balaban J connectivity index is 1.78. The third-order valence-corrected chi connectivity index (χ3v) is 7.52. The van der Waals surface area contributed by atoms with Gasteiger partial charge in [0, 0.05) is 39.6 Å². The van der Waals surface area contributed by atoms with Gasteiger partial charge >= 0.3 is 5.97 Å². The predicted octanol–water partition coefficient (Wildman–Crippen LogP) is 3.49. The first-order chi connectivity index (χ1) is 16.5. The van der Waals surface area contributed by atoms with E-state index in [0.717, 1.165) is 58.4 Å². The summed E-state index contributed by atoms with van der Waals surface area (Å²) in [6, 6.07) is 10.2. The zero-order valence-electron chi connectivity index (χ0n) is 21.5. The summed E-state index contributed by atoms with van der Waals surface area (Å²) >= 11 is 0. The monoisotopic (exact) mass is 477 g/mol. The molecule has 1 N–H and O–H groups in total. The van der Waals surface area contributed by atoms with E-state index in [1.807, 2.05) is 39.2 Å². The van der Waals surface area contributed by atoms with Crippen LogP contribution in [0.15, 0.2) is 30.3 Å². The molecule has 0 spiro atoms. The van der Waals surface area contributed by atoms with Crippen molar-refractivity contribution in [1.82, 2.24) is 24.8 Å². The van der Waals surface area contributed by atoms with Gasteiger partial charge in [0.05, 0.1) is 17.5 Å². The second-order valence-electron chi connectivity index (χ2n) is 10.4. The van der Waals surface area contributed by atoms with Crippen LogP contribution in [0.25, 0.3) is 11.0 Å². The molecule has 0 unspecified atom stereocenters. The lowest BCUT2D eigenvalue weighted by Gasteiger charge is -2.33. The van der Waals surface area contributed by atoms with Crippen molar-refractivity contribution in [2.75, 3.05) is 26.7 Å². The fraction of sp³-hybridized carbons (Fsp3) is 0.481.